The molecule has 0 fully saturated rings. The summed E-state index contributed by atoms with van der Waals surface area (Å²) in [6, 6.07) is 13.9. The first-order valence-corrected chi connectivity index (χ1v) is 14.4. The molecule has 3 aromatic rings. The van der Waals surface area contributed by atoms with Crippen LogP contribution in [0.2, 0.25) is 0 Å². The van der Waals surface area contributed by atoms with Gasteiger partial charge in [-0.3, -0.25) is 9.98 Å². The zero-order chi connectivity index (χ0) is 29.4. The SMILES string of the molecule is C=C/C=N\C=C/CCc1cc(Cc2cc(-n3ccnc3)cc(C3(C)C=CC=CN3C)c2)cc(C2(C)C=CC=CN=C2)c1. The average Bonchev–Trinajstić information content (AvgIpc) is 3.44. The fraction of sp³-hybridized carbons (Fsp3) is 0.216. The second-order valence-corrected chi connectivity index (χ2v) is 11.3. The Morgan fingerprint density at radius 1 is 0.929 bits per heavy atom. The Morgan fingerprint density at radius 2 is 1.74 bits per heavy atom. The molecule has 2 atom stereocenters. The molecule has 3 heterocycles. The van der Waals surface area contributed by atoms with Crippen molar-refractivity contribution in [3.05, 3.63) is 157 Å². The molecule has 0 saturated heterocycles. The van der Waals surface area contributed by atoms with Crippen molar-refractivity contribution in [1.29, 1.82) is 0 Å². The van der Waals surface area contributed by atoms with E-state index in [1.54, 1.807) is 12.3 Å². The lowest BCUT2D eigenvalue weighted by Crippen LogP contribution is -2.37. The van der Waals surface area contributed by atoms with Crippen LogP contribution in [0.1, 0.15) is 48.1 Å². The maximum atomic E-state index is 4.54. The molecule has 42 heavy (non-hydrogen) atoms. The number of nitrogens with zero attached hydrogens (tertiary/aromatic N) is 5. The monoisotopic (exact) mass is 553 g/mol. The Balaban J connectivity index is 1.54. The van der Waals surface area contributed by atoms with Crippen LogP contribution in [0.25, 0.3) is 5.69 Å². The Bertz CT molecular complexity index is 1600. The second kappa shape index (κ2) is 12.8. The quantitative estimate of drug-likeness (QED) is 0.240. The van der Waals surface area contributed by atoms with Crippen molar-refractivity contribution < 1.29 is 0 Å². The molecule has 0 N–H and O–H groups in total. The van der Waals surface area contributed by atoms with Gasteiger partial charge >= 0.3 is 0 Å². The van der Waals surface area contributed by atoms with Crippen LogP contribution in [0.5, 0.6) is 0 Å². The summed E-state index contributed by atoms with van der Waals surface area (Å²) >= 11 is 0. The number of allylic oxidation sites excluding steroid dienone is 7. The molecule has 0 bridgehead atoms. The molecule has 2 aromatic carbocycles. The van der Waals surface area contributed by atoms with E-state index in [0.29, 0.717) is 0 Å². The lowest BCUT2D eigenvalue weighted by molar-refractivity contribution is 0.261. The Labute approximate surface area is 250 Å². The summed E-state index contributed by atoms with van der Waals surface area (Å²) in [6.45, 7) is 8.17. The van der Waals surface area contributed by atoms with E-state index >= 15 is 0 Å². The highest BCUT2D eigenvalue weighted by Crippen LogP contribution is 2.34. The molecule has 0 radical (unpaired) electrons. The van der Waals surface area contributed by atoms with Crippen LogP contribution < -0.4 is 0 Å². The lowest BCUT2D eigenvalue weighted by Gasteiger charge is -2.38. The highest BCUT2D eigenvalue weighted by molar-refractivity contribution is 5.77. The molecule has 0 amide bonds. The molecule has 5 heteroatoms. The van der Waals surface area contributed by atoms with E-state index in [1.165, 1.54) is 27.8 Å². The van der Waals surface area contributed by atoms with E-state index < -0.39 is 0 Å². The van der Waals surface area contributed by atoms with E-state index in [-0.39, 0.29) is 11.0 Å². The third-order valence-electron chi connectivity index (χ3n) is 8.07. The molecule has 0 aliphatic carbocycles. The summed E-state index contributed by atoms with van der Waals surface area (Å²) in [6.07, 6.45) is 34.5. The molecule has 5 rings (SSSR count). The first kappa shape index (κ1) is 28.7. The second-order valence-electron chi connectivity index (χ2n) is 11.3. The maximum Gasteiger partial charge on any atom is 0.0991 e. The zero-order valence-corrected chi connectivity index (χ0v) is 24.8. The smallest absolute Gasteiger partial charge is 0.0991 e. The Hall–Kier alpha value is -4.77. The maximum absolute atomic E-state index is 4.54. The van der Waals surface area contributed by atoms with E-state index in [0.717, 1.165) is 24.9 Å². The van der Waals surface area contributed by atoms with Crippen molar-refractivity contribution >= 4 is 12.4 Å². The zero-order valence-electron chi connectivity index (χ0n) is 24.8. The first-order chi connectivity index (χ1) is 20.4. The number of likely N-dealkylation sites (N-methyl/N-ethyl adjacent to an activating group) is 1. The first-order valence-electron chi connectivity index (χ1n) is 14.4. The van der Waals surface area contributed by atoms with Crippen LogP contribution >= 0.6 is 0 Å². The molecule has 0 spiro atoms. The van der Waals surface area contributed by atoms with Gasteiger partial charge in [-0.1, -0.05) is 67.3 Å². The number of aromatic nitrogens is 2. The van der Waals surface area contributed by atoms with Gasteiger partial charge in [-0.05, 0) is 91.4 Å². The molecule has 2 unspecified atom stereocenters. The van der Waals surface area contributed by atoms with Crippen LogP contribution in [0.4, 0.5) is 0 Å². The molecule has 5 nitrogen and oxygen atoms in total. The Morgan fingerprint density at radius 3 is 2.55 bits per heavy atom. The van der Waals surface area contributed by atoms with Gasteiger partial charge in [-0.15, -0.1) is 0 Å². The van der Waals surface area contributed by atoms with Crippen molar-refractivity contribution in [3.63, 3.8) is 0 Å². The van der Waals surface area contributed by atoms with E-state index in [4.69, 9.17) is 0 Å². The summed E-state index contributed by atoms with van der Waals surface area (Å²) in [4.78, 5) is 15.3. The van der Waals surface area contributed by atoms with Crippen molar-refractivity contribution in [1.82, 2.24) is 14.5 Å². The third-order valence-corrected chi connectivity index (χ3v) is 8.07. The number of aryl methyl sites for hydroxylation is 1. The molecular formula is C37H39N5. The summed E-state index contributed by atoms with van der Waals surface area (Å²) in [5.74, 6) is 0. The highest BCUT2D eigenvalue weighted by atomic mass is 15.2. The minimum absolute atomic E-state index is 0.254. The number of hydrogen-bond acceptors (Lipinski definition) is 4. The summed E-state index contributed by atoms with van der Waals surface area (Å²) in [7, 11) is 2.13. The van der Waals surface area contributed by atoms with Gasteiger partial charge < -0.3 is 9.47 Å². The van der Waals surface area contributed by atoms with Gasteiger partial charge in [0.15, 0.2) is 0 Å². The van der Waals surface area contributed by atoms with Gasteiger partial charge in [0.2, 0.25) is 0 Å². The number of aliphatic imine (C=N–C) groups is 2. The van der Waals surface area contributed by atoms with E-state index in [9.17, 15) is 0 Å². The molecule has 212 valence electrons. The minimum Gasteiger partial charge on any atom is -0.368 e. The van der Waals surface area contributed by atoms with Gasteiger partial charge in [-0.2, -0.15) is 0 Å². The van der Waals surface area contributed by atoms with Gasteiger partial charge in [0.1, 0.15) is 0 Å². The molecule has 0 saturated carbocycles. The van der Waals surface area contributed by atoms with Crippen molar-refractivity contribution in [2.24, 2.45) is 9.98 Å². The average molecular weight is 554 g/mol. The topological polar surface area (TPSA) is 45.8 Å². The standard InChI is InChI=1S/C37H39N5/c1-5-15-38-16-9-6-12-30-21-31(24-33(23-30)36(2)13-7-10-17-39-28-36)22-32-25-34(37(3)14-8-11-19-41(37)4)27-35(26-32)42-20-18-40-29-42/h5,7-11,13-21,23-29H,1,6,12,22H2,2-4H3/b16-9-,38-15-. The summed E-state index contributed by atoms with van der Waals surface area (Å²) in [5, 5.41) is 0. The lowest BCUT2D eigenvalue weighted by atomic mass is 9.80. The predicted octanol–water partition coefficient (Wildman–Crippen LogP) is 7.81. The van der Waals surface area contributed by atoms with Gasteiger partial charge in [0.25, 0.3) is 0 Å². The van der Waals surface area contributed by atoms with Crippen LogP contribution in [0.15, 0.2) is 139 Å². The van der Waals surface area contributed by atoms with Crippen LogP contribution in [0.3, 0.4) is 0 Å². The number of benzene rings is 2. The Kier molecular flexibility index (Phi) is 8.77. The summed E-state index contributed by atoms with van der Waals surface area (Å²) in [5.41, 5.74) is 6.88. The summed E-state index contributed by atoms with van der Waals surface area (Å²) < 4.78 is 2.09. The van der Waals surface area contributed by atoms with Crippen LogP contribution in [0, 0.1) is 0 Å². The highest BCUT2D eigenvalue weighted by Gasteiger charge is 2.29. The van der Waals surface area contributed by atoms with Crippen LogP contribution in [-0.4, -0.2) is 33.9 Å². The van der Waals surface area contributed by atoms with E-state index in [1.807, 2.05) is 43.4 Å². The van der Waals surface area contributed by atoms with Gasteiger partial charge in [0, 0.05) is 55.4 Å². The molecule has 2 aliphatic heterocycles. The largest absolute Gasteiger partial charge is 0.368 e. The van der Waals surface area contributed by atoms with Gasteiger partial charge in [-0.25, -0.2) is 4.98 Å². The van der Waals surface area contributed by atoms with Crippen LogP contribution in [-0.2, 0) is 23.8 Å². The van der Waals surface area contributed by atoms with Gasteiger partial charge in [0.05, 0.1) is 11.9 Å². The van der Waals surface area contributed by atoms with Crippen molar-refractivity contribution in [3.8, 4) is 5.69 Å². The fourth-order valence-corrected chi connectivity index (χ4v) is 5.44. The molecular weight excluding hydrogens is 514 g/mol. The molecule has 1 aromatic heterocycles. The number of hydrogen-bond donors (Lipinski definition) is 0. The number of rotatable bonds is 10. The fourth-order valence-electron chi connectivity index (χ4n) is 5.44. The normalized spacial score (nSPS) is 21.5. The third kappa shape index (κ3) is 6.58. The minimum atomic E-state index is -0.294. The molecule has 2 aliphatic rings. The van der Waals surface area contributed by atoms with Crippen molar-refractivity contribution in [2.45, 2.75) is 44.1 Å². The number of imidazole rings is 1. The predicted molar refractivity (Wildman–Crippen MR) is 176 cm³/mol. The van der Waals surface area contributed by atoms with E-state index in [2.05, 4.69) is 131 Å². The van der Waals surface area contributed by atoms with Crippen molar-refractivity contribution in [2.75, 3.05) is 7.05 Å².